The molecule has 1 aromatic rings. The second-order valence-corrected chi connectivity index (χ2v) is 6.14. The van der Waals surface area contributed by atoms with E-state index in [-0.39, 0.29) is 25.0 Å². The van der Waals surface area contributed by atoms with Gasteiger partial charge in [0.1, 0.15) is 0 Å². The summed E-state index contributed by atoms with van der Waals surface area (Å²) in [5, 5.41) is 2.83. The summed E-state index contributed by atoms with van der Waals surface area (Å²) >= 11 is 2.23. The molecule has 0 aliphatic rings. The lowest BCUT2D eigenvalue weighted by atomic mass is 10.2. The number of halogens is 1. The molecule has 0 atom stereocenters. The van der Waals surface area contributed by atoms with Crippen LogP contribution in [0.3, 0.4) is 0 Å². The van der Waals surface area contributed by atoms with Crippen LogP contribution in [0.2, 0.25) is 0 Å². The average molecular weight is 389 g/mol. The highest BCUT2D eigenvalue weighted by molar-refractivity contribution is 14.1. The molecule has 6 heteroatoms. The Labute approximate surface area is 133 Å². The third-order valence-corrected chi connectivity index (χ3v) is 4.05. The first-order valence-electron chi connectivity index (χ1n) is 6.38. The van der Waals surface area contributed by atoms with Crippen LogP contribution in [0.1, 0.15) is 19.4 Å². The maximum Gasteiger partial charge on any atom is 0.238 e. The van der Waals surface area contributed by atoms with Gasteiger partial charge in [-0.2, -0.15) is 0 Å². The van der Waals surface area contributed by atoms with Gasteiger partial charge in [-0.3, -0.25) is 14.5 Å². The van der Waals surface area contributed by atoms with Crippen LogP contribution in [0.5, 0.6) is 0 Å². The van der Waals surface area contributed by atoms with Gasteiger partial charge in [-0.05, 0) is 61.1 Å². The predicted molar refractivity (Wildman–Crippen MR) is 88.4 cm³/mol. The Morgan fingerprint density at radius 3 is 2.50 bits per heavy atom. The summed E-state index contributed by atoms with van der Waals surface area (Å²) in [5.74, 6) is -0.587. The number of anilines is 1. The summed E-state index contributed by atoms with van der Waals surface area (Å²) in [7, 11) is 0. The van der Waals surface area contributed by atoms with Gasteiger partial charge >= 0.3 is 0 Å². The fraction of sp³-hybridized carbons (Fsp3) is 0.429. The normalized spacial score (nSPS) is 10.9. The molecule has 3 N–H and O–H groups in total. The highest BCUT2D eigenvalue weighted by atomic mass is 127. The molecule has 0 bridgehead atoms. The molecular weight excluding hydrogens is 369 g/mol. The van der Waals surface area contributed by atoms with E-state index in [1.54, 1.807) is 4.90 Å². The lowest BCUT2D eigenvalue weighted by Crippen LogP contribution is -2.43. The van der Waals surface area contributed by atoms with Crippen molar-refractivity contribution in [3.63, 3.8) is 0 Å². The van der Waals surface area contributed by atoms with Crippen molar-refractivity contribution in [2.24, 2.45) is 5.73 Å². The van der Waals surface area contributed by atoms with Gasteiger partial charge in [-0.25, -0.2) is 0 Å². The number of primary amides is 1. The van der Waals surface area contributed by atoms with Crippen LogP contribution in [-0.4, -0.2) is 35.8 Å². The zero-order chi connectivity index (χ0) is 15.3. The average Bonchev–Trinajstić information content (AvgIpc) is 2.32. The smallest absolute Gasteiger partial charge is 0.238 e. The van der Waals surface area contributed by atoms with Gasteiger partial charge in [0.25, 0.3) is 0 Å². The first-order valence-corrected chi connectivity index (χ1v) is 7.46. The van der Waals surface area contributed by atoms with Gasteiger partial charge in [-0.15, -0.1) is 0 Å². The van der Waals surface area contributed by atoms with Crippen molar-refractivity contribution in [1.29, 1.82) is 0 Å². The number of carbonyl (C=O) groups is 2. The van der Waals surface area contributed by atoms with Crippen molar-refractivity contribution < 1.29 is 9.59 Å². The zero-order valence-electron chi connectivity index (χ0n) is 11.9. The van der Waals surface area contributed by atoms with E-state index in [4.69, 9.17) is 5.73 Å². The summed E-state index contributed by atoms with van der Waals surface area (Å²) in [5.41, 5.74) is 7.11. The number of hydrogen-bond donors (Lipinski definition) is 2. The minimum Gasteiger partial charge on any atom is -0.369 e. The van der Waals surface area contributed by atoms with Crippen LogP contribution in [0, 0.1) is 10.5 Å². The number of carbonyl (C=O) groups excluding carboxylic acids is 2. The van der Waals surface area contributed by atoms with E-state index in [0.717, 1.165) is 9.26 Å². The SMILES string of the molecule is Cc1ccc(NC(=O)CN(CC(N)=O)C(C)C)cc1I. The first kappa shape index (κ1) is 16.9. The Balaban J connectivity index is 2.65. The summed E-state index contributed by atoms with van der Waals surface area (Å²) in [6.07, 6.45) is 0. The highest BCUT2D eigenvalue weighted by Crippen LogP contribution is 2.17. The molecule has 0 heterocycles. The number of hydrogen-bond acceptors (Lipinski definition) is 3. The molecule has 5 nitrogen and oxygen atoms in total. The Hall–Kier alpha value is -1.15. The number of nitrogens with one attached hydrogen (secondary N) is 1. The molecule has 0 radical (unpaired) electrons. The standard InChI is InChI=1S/C14H20IN3O2/c1-9(2)18(7-13(16)19)8-14(20)17-11-5-4-10(3)12(15)6-11/h4-6,9H,7-8H2,1-3H3,(H2,16,19)(H,17,20). The van der Waals surface area contributed by atoms with Crippen LogP contribution in [0.4, 0.5) is 5.69 Å². The molecule has 0 saturated heterocycles. The van der Waals surface area contributed by atoms with E-state index in [0.29, 0.717) is 0 Å². The Bertz CT molecular complexity index is 503. The predicted octanol–water partition coefficient (Wildman–Crippen LogP) is 1.73. The van der Waals surface area contributed by atoms with Crippen LogP contribution in [-0.2, 0) is 9.59 Å². The van der Waals surface area contributed by atoms with Crippen LogP contribution in [0.15, 0.2) is 18.2 Å². The molecular formula is C14H20IN3O2. The Kier molecular flexibility index (Phi) is 6.41. The van der Waals surface area contributed by atoms with Crippen molar-refractivity contribution in [3.8, 4) is 0 Å². The van der Waals surface area contributed by atoms with E-state index >= 15 is 0 Å². The quantitative estimate of drug-likeness (QED) is 0.728. The lowest BCUT2D eigenvalue weighted by Gasteiger charge is -2.24. The van der Waals surface area contributed by atoms with Crippen molar-refractivity contribution >= 4 is 40.1 Å². The number of amides is 2. The van der Waals surface area contributed by atoms with Gasteiger partial charge in [0.2, 0.25) is 11.8 Å². The van der Waals surface area contributed by atoms with Crippen molar-refractivity contribution in [3.05, 3.63) is 27.3 Å². The Morgan fingerprint density at radius 2 is 2.00 bits per heavy atom. The molecule has 0 fully saturated rings. The minimum absolute atomic E-state index is 0.0754. The first-order chi connectivity index (χ1) is 9.29. The number of rotatable bonds is 6. The molecule has 0 aliphatic heterocycles. The monoisotopic (exact) mass is 389 g/mol. The summed E-state index contributed by atoms with van der Waals surface area (Å²) in [4.78, 5) is 24.7. The van der Waals surface area contributed by atoms with Gasteiger partial charge in [0, 0.05) is 15.3 Å². The molecule has 0 saturated carbocycles. The maximum atomic E-state index is 12.0. The molecule has 0 unspecified atom stereocenters. The third-order valence-electron chi connectivity index (χ3n) is 2.89. The molecule has 1 rings (SSSR count). The van der Waals surface area contributed by atoms with E-state index in [9.17, 15) is 9.59 Å². The summed E-state index contributed by atoms with van der Waals surface area (Å²) < 4.78 is 1.10. The van der Waals surface area contributed by atoms with E-state index in [2.05, 4.69) is 27.9 Å². The fourth-order valence-electron chi connectivity index (χ4n) is 1.68. The molecule has 20 heavy (non-hydrogen) atoms. The third kappa shape index (κ3) is 5.46. The van der Waals surface area contributed by atoms with Crippen LogP contribution >= 0.6 is 22.6 Å². The van der Waals surface area contributed by atoms with Gasteiger partial charge in [0.15, 0.2) is 0 Å². The van der Waals surface area contributed by atoms with Gasteiger partial charge in [0.05, 0.1) is 13.1 Å². The van der Waals surface area contributed by atoms with E-state index in [1.165, 1.54) is 5.56 Å². The molecule has 1 aromatic carbocycles. The number of aryl methyl sites for hydroxylation is 1. The molecule has 0 spiro atoms. The molecule has 110 valence electrons. The maximum absolute atomic E-state index is 12.0. The second-order valence-electron chi connectivity index (χ2n) is 4.98. The van der Waals surface area contributed by atoms with Crippen LogP contribution in [0.25, 0.3) is 0 Å². The van der Waals surface area contributed by atoms with Gasteiger partial charge in [-0.1, -0.05) is 6.07 Å². The zero-order valence-corrected chi connectivity index (χ0v) is 14.1. The highest BCUT2D eigenvalue weighted by Gasteiger charge is 2.16. The minimum atomic E-state index is -0.434. The number of benzene rings is 1. The van der Waals surface area contributed by atoms with Crippen molar-refractivity contribution in [2.45, 2.75) is 26.8 Å². The molecule has 2 amide bonds. The van der Waals surface area contributed by atoms with E-state index in [1.807, 2.05) is 39.0 Å². The molecule has 0 aliphatic carbocycles. The van der Waals surface area contributed by atoms with Gasteiger partial charge < -0.3 is 11.1 Å². The molecule has 0 aromatic heterocycles. The number of nitrogens with zero attached hydrogens (tertiary/aromatic N) is 1. The summed E-state index contributed by atoms with van der Waals surface area (Å²) in [6.45, 7) is 6.08. The Morgan fingerprint density at radius 1 is 1.35 bits per heavy atom. The fourth-order valence-corrected chi connectivity index (χ4v) is 2.19. The van der Waals surface area contributed by atoms with Crippen molar-refractivity contribution in [1.82, 2.24) is 4.90 Å². The second kappa shape index (κ2) is 7.58. The largest absolute Gasteiger partial charge is 0.369 e. The van der Waals surface area contributed by atoms with Crippen molar-refractivity contribution in [2.75, 3.05) is 18.4 Å². The lowest BCUT2D eigenvalue weighted by molar-refractivity contribution is -0.121. The van der Waals surface area contributed by atoms with E-state index < -0.39 is 5.91 Å². The topological polar surface area (TPSA) is 75.4 Å². The number of nitrogens with two attached hydrogens (primary N) is 1. The summed E-state index contributed by atoms with van der Waals surface area (Å²) in [6, 6.07) is 5.82. The van der Waals surface area contributed by atoms with Crippen LogP contribution < -0.4 is 11.1 Å².